The Kier molecular flexibility index (Phi) is 14.5. The van der Waals surface area contributed by atoms with Crippen molar-refractivity contribution in [1.29, 1.82) is 0 Å². The van der Waals surface area contributed by atoms with Gasteiger partial charge in [-0.1, -0.05) is 33.1 Å². The van der Waals surface area contributed by atoms with Crippen molar-refractivity contribution in [3.63, 3.8) is 0 Å². The summed E-state index contributed by atoms with van der Waals surface area (Å²) in [5.41, 5.74) is 4.39. The Morgan fingerprint density at radius 2 is 1.47 bits per heavy atom. The molecule has 1 aliphatic carbocycles. The molecule has 0 spiro atoms. The Labute approximate surface area is 122 Å². The fourth-order valence-corrected chi connectivity index (χ4v) is 1.41. The zero-order chi connectivity index (χ0) is 11.5. The van der Waals surface area contributed by atoms with E-state index in [9.17, 15) is 0 Å². The smallest absolute Gasteiger partial charge is 0.481 e. The summed E-state index contributed by atoms with van der Waals surface area (Å²) in [6.07, 6.45) is 3.44. The van der Waals surface area contributed by atoms with Gasteiger partial charge < -0.3 is 20.0 Å². The number of carbonyl (C=O) groups is 1. The van der Waals surface area contributed by atoms with Crippen LogP contribution in [0.2, 0.25) is 0 Å². The molecule has 97 valence electrons. The molecule has 0 aromatic carbocycles. The monoisotopic (exact) mass is 273 g/mol. The summed E-state index contributed by atoms with van der Waals surface area (Å²) in [5, 5.41) is 7.42. The van der Waals surface area contributed by atoms with E-state index in [0.29, 0.717) is 0 Å². The third-order valence-corrected chi connectivity index (χ3v) is 2.56. The second-order valence-corrected chi connectivity index (χ2v) is 4.14. The van der Waals surface area contributed by atoms with Crippen LogP contribution in [0.4, 0.5) is 0 Å². The van der Waals surface area contributed by atoms with E-state index in [2.05, 4.69) is 40.7 Å². The Balaban J connectivity index is -0.000000108. The second kappa shape index (κ2) is 9.67. The maximum Gasteiger partial charge on any atom is 3.00 e. The molecule has 1 radical (unpaired) electrons. The minimum atomic E-state index is -0.833. The molecule has 0 unspecified atom stereocenters. The van der Waals surface area contributed by atoms with Crippen LogP contribution >= 0.6 is 0 Å². The Morgan fingerprint density at radius 1 is 1.18 bits per heavy atom. The molecule has 1 N–H and O–H groups in total. The number of hydrogen-bond acceptors (Lipinski definition) is 1. The molecule has 1 aliphatic rings. The van der Waals surface area contributed by atoms with Gasteiger partial charge in [-0.15, -0.1) is 6.92 Å². The molecule has 2 nitrogen and oxygen atoms in total. The molecular weight excluding hydrogens is 248 g/mol. The third-order valence-electron chi connectivity index (χ3n) is 2.56. The number of carboxylic acids is 1. The van der Waals surface area contributed by atoms with Gasteiger partial charge in [-0.2, -0.15) is 11.1 Å². The molecule has 0 fully saturated rings. The summed E-state index contributed by atoms with van der Waals surface area (Å²) in [6.45, 7) is 12.0. The molecule has 1 rings (SSSR count). The minimum Gasteiger partial charge on any atom is -0.481 e. The maximum atomic E-state index is 9.00. The first-order chi connectivity index (χ1) is 6.18. The Hall–Kier alpha value is -0.336. The normalized spacial score (nSPS) is 15.3. The van der Waals surface area contributed by atoms with Crippen LogP contribution in [0, 0.1) is 26.3 Å². The molecule has 0 aliphatic heterocycles. The van der Waals surface area contributed by atoms with Crippen LogP contribution in [-0.2, 0) is 26.5 Å². The van der Waals surface area contributed by atoms with Crippen molar-refractivity contribution in [2.45, 2.75) is 41.5 Å². The van der Waals surface area contributed by atoms with Crippen LogP contribution in [0.15, 0.2) is 16.7 Å². The van der Waals surface area contributed by atoms with Crippen LogP contribution in [-0.4, -0.2) is 11.1 Å². The van der Waals surface area contributed by atoms with E-state index in [1.807, 2.05) is 0 Å². The number of carboxylic acid groups (broad SMARTS) is 1. The molecule has 0 aromatic heterocycles. The first-order valence-corrected chi connectivity index (χ1v) is 4.68. The average Bonchev–Trinajstić information content (AvgIpc) is 2.13. The molecule has 0 atom stereocenters. The number of rotatable bonds is 0. The van der Waals surface area contributed by atoms with Crippen LogP contribution in [0.1, 0.15) is 41.5 Å². The summed E-state index contributed by atoms with van der Waals surface area (Å²) in [7, 11) is 0. The van der Waals surface area contributed by atoms with Crippen LogP contribution in [0.25, 0.3) is 0 Å². The van der Waals surface area contributed by atoms with Crippen molar-refractivity contribution < 1.29 is 31.6 Å². The first-order valence-electron chi connectivity index (χ1n) is 4.68. The molecule has 0 saturated carbocycles. The van der Waals surface area contributed by atoms with Gasteiger partial charge in [0.15, 0.2) is 0 Å². The van der Waals surface area contributed by atoms with Gasteiger partial charge in [0.2, 0.25) is 0 Å². The van der Waals surface area contributed by atoms with Gasteiger partial charge in [-0.05, 0) is 0 Å². The van der Waals surface area contributed by atoms with E-state index in [0.717, 1.165) is 6.92 Å². The SMILES string of the molecule is CC(=O)O.CC1=[C-]C(C)(C)C(C)=C1C.[CH3-].[CH3-].[Ti+3]. The van der Waals surface area contributed by atoms with Gasteiger partial charge in [0.1, 0.15) is 0 Å². The minimum absolute atomic E-state index is 0. The first kappa shape index (κ1) is 25.5. The van der Waals surface area contributed by atoms with E-state index < -0.39 is 5.97 Å². The fraction of sp³-hybridized carbons (Fsp3) is 0.500. The molecule has 0 aromatic rings. The van der Waals surface area contributed by atoms with Crippen molar-refractivity contribution in [2.75, 3.05) is 0 Å². The fourth-order valence-electron chi connectivity index (χ4n) is 1.41. The predicted molar refractivity (Wildman–Crippen MR) is 70.7 cm³/mol. The van der Waals surface area contributed by atoms with E-state index in [-0.39, 0.29) is 42.0 Å². The molecule has 0 heterocycles. The van der Waals surface area contributed by atoms with E-state index >= 15 is 0 Å². The van der Waals surface area contributed by atoms with Crippen LogP contribution in [0.5, 0.6) is 0 Å². The summed E-state index contributed by atoms with van der Waals surface area (Å²) in [5.74, 6) is -0.833. The molecule has 3 heteroatoms. The number of hydrogen-bond donors (Lipinski definition) is 1. The van der Waals surface area contributed by atoms with Gasteiger partial charge in [0.05, 0.1) is 0 Å². The summed E-state index contributed by atoms with van der Waals surface area (Å²) in [6, 6.07) is 0. The second-order valence-electron chi connectivity index (χ2n) is 4.14. The summed E-state index contributed by atoms with van der Waals surface area (Å²) in [4.78, 5) is 9.00. The van der Waals surface area contributed by atoms with Crippen LogP contribution in [0.3, 0.4) is 0 Å². The average molecular weight is 273 g/mol. The van der Waals surface area contributed by atoms with Gasteiger partial charge in [0.25, 0.3) is 5.97 Å². The van der Waals surface area contributed by atoms with E-state index in [4.69, 9.17) is 9.90 Å². The van der Waals surface area contributed by atoms with Crippen molar-refractivity contribution in [2.24, 2.45) is 5.41 Å². The Bertz CT molecular complexity index is 295. The largest absolute Gasteiger partial charge is 3.00 e. The van der Waals surface area contributed by atoms with Crippen LogP contribution < -0.4 is 0 Å². The standard InChI is InChI=1S/C10H15.C2H4O2.2CH3.Ti/c1-7-6-10(4,5)9(3)8(7)2;1-2(3)4;;;/h1-5H3;1H3,(H,3,4);2*1H3;/q-1;;2*-1;+3. The number of allylic oxidation sites excluding steroid dienone is 4. The topological polar surface area (TPSA) is 37.3 Å². The zero-order valence-corrected chi connectivity index (χ0v) is 13.9. The van der Waals surface area contributed by atoms with Crippen molar-refractivity contribution in [1.82, 2.24) is 0 Å². The maximum absolute atomic E-state index is 9.00. The molecule has 0 bridgehead atoms. The van der Waals surface area contributed by atoms with E-state index in [1.165, 1.54) is 16.7 Å². The Morgan fingerprint density at radius 3 is 1.53 bits per heavy atom. The summed E-state index contributed by atoms with van der Waals surface area (Å²) < 4.78 is 0. The predicted octanol–water partition coefficient (Wildman–Crippen LogP) is 4.10. The zero-order valence-electron chi connectivity index (χ0n) is 12.4. The molecule has 0 saturated heterocycles. The van der Waals surface area contributed by atoms with Crippen molar-refractivity contribution >= 4 is 5.97 Å². The summed E-state index contributed by atoms with van der Waals surface area (Å²) >= 11 is 0. The van der Waals surface area contributed by atoms with Gasteiger partial charge in [-0.3, -0.25) is 10.9 Å². The molecule has 0 amide bonds. The molecular formula is C14H25O2Ti. The van der Waals surface area contributed by atoms with Crippen molar-refractivity contribution in [3.05, 3.63) is 37.6 Å². The van der Waals surface area contributed by atoms with Crippen molar-refractivity contribution in [3.8, 4) is 0 Å². The molecule has 17 heavy (non-hydrogen) atoms. The van der Waals surface area contributed by atoms with Gasteiger partial charge in [-0.25, -0.2) is 5.57 Å². The van der Waals surface area contributed by atoms with Gasteiger partial charge >= 0.3 is 21.7 Å². The van der Waals surface area contributed by atoms with E-state index in [1.54, 1.807) is 0 Å². The quantitative estimate of drug-likeness (QED) is 0.533. The number of aliphatic carboxylic acids is 1. The van der Waals surface area contributed by atoms with Gasteiger partial charge in [0, 0.05) is 6.92 Å². The third kappa shape index (κ3) is 8.40.